The molecule has 1 aliphatic carbocycles. The zero-order chi connectivity index (χ0) is 13.9. The molecule has 0 aromatic rings. The summed E-state index contributed by atoms with van der Waals surface area (Å²) in [5, 5.41) is 0. The maximum Gasteiger partial charge on any atom is 0.0598 e. The summed E-state index contributed by atoms with van der Waals surface area (Å²) in [6.07, 6.45) is 11.3. The van der Waals surface area contributed by atoms with Gasteiger partial charge in [-0.3, -0.25) is 0 Å². The fraction of sp³-hybridized carbons (Fsp3) is 0.882. The Hall–Kier alpha value is -0.300. The van der Waals surface area contributed by atoms with Gasteiger partial charge in [-0.05, 0) is 50.9 Å². The summed E-state index contributed by atoms with van der Waals surface area (Å²) in [6.45, 7) is 14.2. The van der Waals surface area contributed by atoms with E-state index in [4.69, 9.17) is 4.74 Å². The summed E-state index contributed by atoms with van der Waals surface area (Å²) in [7, 11) is 0. The Labute approximate surface area is 114 Å². The second-order valence-corrected chi connectivity index (χ2v) is 8.08. The van der Waals surface area contributed by atoms with Crippen LogP contribution < -0.4 is 0 Å². The van der Waals surface area contributed by atoms with Crippen molar-refractivity contribution in [3.63, 3.8) is 0 Å². The first-order chi connectivity index (χ1) is 8.12. The van der Waals surface area contributed by atoms with Crippen LogP contribution in [0.1, 0.15) is 73.6 Å². The quantitative estimate of drug-likeness (QED) is 0.612. The lowest BCUT2D eigenvalue weighted by Crippen LogP contribution is -2.30. The largest absolute Gasteiger partial charge is 0.375 e. The average Bonchev–Trinajstić information content (AvgIpc) is 2.61. The summed E-state index contributed by atoms with van der Waals surface area (Å²) < 4.78 is 6.07. The van der Waals surface area contributed by atoms with Crippen molar-refractivity contribution in [1.29, 1.82) is 0 Å². The number of hydrogen-bond acceptors (Lipinski definition) is 1. The number of allylic oxidation sites excluding steroid dienone is 2. The van der Waals surface area contributed by atoms with Gasteiger partial charge in [0.15, 0.2) is 0 Å². The molecule has 0 radical (unpaired) electrons. The molecule has 1 fully saturated rings. The number of hydrogen-bond donors (Lipinski definition) is 0. The Kier molecular flexibility index (Phi) is 5.05. The van der Waals surface area contributed by atoms with Gasteiger partial charge in [-0.25, -0.2) is 0 Å². The van der Waals surface area contributed by atoms with Crippen molar-refractivity contribution in [2.45, 2.75) is 79.2 Å². The van der Waals surface area contributed by atoms with E-state index in [1.54, 1.807) is 0 Å². The van der Waals surface area contributed by atoms with Crippen LogP contribution in [0.25, 0.3) is 0 Å². The highest BCUT2D eigenvalue weighted by Crippen LogP contribution is 2.42. The van der Waals surface area contributed by atoms with E-state index in [-0.39, 0.29) is 5.60 Å². The van der Waals surface area contributed by atoms with E-state index >= 15 is 0 Å². The molecular formula is C17H32O. The summed E-state index contributed by atoms with van der Waals surface area (Å²) in [5.41, 5.74) is 0.697. The van der Waals surface area contributed by atoms with Crippen molar-refractivity contribution in [3.8, 4) is 0 Å². The third kappa shape index (κ3) is 6.04. The van der Waals surface area contributed by atoms with Crippen molar-refractivity contribution in [1.82, 2.24) is 0 Å². The maximum absolute atomic E-state index is 6.07. The molecule has 0 N–H and O–H groups in total. The molecule has 1 rings (SSSR count). The summed E-state index contributed by atoms with van der Waals surface area (Å²) in [6, 6.07) is 0. The van der Waals surface area contributed by atoms with E-state index < -0.39 is 0 Å². The van der Waals surface area contributed by atoms with Gasteiger partial charge in [0.25, 0.3) is 0 Å². The molecule has 0 bridgehead atoms. The first kappa shape index (κ1) is 15.8. The van der Waals surface area contributed by atoms with Crippen LogP contribution in [-0.2, 0) is 4.74 Å². The van der Waals surface area contributed by atoms with Gasteiger partial charge >= 0.3 is 0 Å². The maximum atomic E-state index is 6.07. The Morgan fingerprint density at radius 3 is 2.00 bits per heavy atom. The number of rotatable bonds is 4. The fourth-order valence-electron chi connectivity index (χ4n) is 2.56. The van der Waals surface area contributed by atoms with Crippen LogP contribution in [0.2, 0.25) is 0 Å². The lowest BCUT2D eigenvalue weighted by molar-refractivity contribution is -0.0503. The van der Waals surface area contributed by atoms with E-state index in [1.165, 1.54) is 32.1 Å². The van der Waals surface area contributed by atoms with Gasteiger partial charge in [0.05, 0.1) is 12.2 Å². The van der Waals surface area contributed by atoms with Crippen LogP contribution in [0.5, 0.6) is 0 Å². The molecule has 0 amide bonds. The minimum Gasteiger partial charge on any atom is -0.375 e. The van der Waals surface area contributed by atoms with Gasteiger partial charge in [-0.15, -0.1) is 0 Å². The highest BCUT2D eigenvalue weighted by Gasteiger charge is 2.34. The molecular weight excluding hydrogens is 220 g/mol. The molecule has 0 aromatic carbocycles. The van der Waals surface area contributed by atoms with Crippen LogP contribution in [0.4, 0.5) is 0 Å². The van der Waals surface area contributed by atoms with Gasteiger partial charge in [0.1, 0.15) is 0 Å². The molecule has 0 spiro atoms. The van der Waals surface area contributed by atoms with Crippen LogP contribution in [0.3, 0.4) is 0 Å². The predicted octanol–water partition coefficient (Wildman–Crippen LogP) is 5.35. The topological polar surface area (TPSA) is 9.23 Å². The highest BCUT2D eigenvalue weighted by molar-refractivity contribution is 4.98. The predicted molar refractivity (Wildman–Crippen MR) is 79.8 cm³/mol. The second kappa shape index (κ2) is 5.77. The third-order valence-electron chi connectivity index (χ3n) is 3.64. The molecule has 106 valence electrons. The van der Waals surface area contributed by atoms with Gasteiger partial charge < -0.3 is 4.74 Å². The molecule has 0 unspecified atom stereocenters. The third-order valence-corrected chi connectivity index (χ3v) is 3.64. The van der Waals surface area contributed by atoms with Crippen LogP contribution in [0.15, 0.2) is 12.2 Å². The molecule has 18 heavy (non-hydrogen) atoms. The number of ether oxygens (including phenoxy) is 1. The summed E-state index contributed by atoms with van der Waals surface area (Å²) in [5.74, 6) is 0. The molecule has 0 heterocycles. The van der Waals surface area contributed by atoms with Crippen molar-refractivity contribution < 1.29 is 4.74 Å². The minimum atomic E-state index is -0.0106. The Morgan fingerprint density at radius 2 is 1.56 bits per heavy atom. The molecule has 1 nitrogen and oxygen atoms in total. The normalized spacial score (nSPS) is 20.8. The van der Waals surface area contributed by atoms with Crippen LogP contribution in [0, 0.1) is 10.8 Å². The van der Waals surface area contributed by atoms with Crippen LogP contribution in [-0.4, -0.2) is 12.2 Å². The summed E-state index contributed by atoms with van der Waals surface area (Å²) >= 11 is 0. The molecule has 0 saturated heterocycles. The lowest BCUT2D eigenvalue weighted by atomic mass is 9.82. The minimum absolute atomic E-state index is 0.0106. The van der Waals surface area contributed by atoms with Gasteiger partial charge in [0.2, 0.25) is 0 Å². The first-order valence-electron chi connectivity index (χ1n) is 7.44. The molecule has 0 aromatic heterocycles. The molecule has 0 atom stereocenters. The van der Waals surface area contributed by atoms with Crippen molar-refractivity contribution in [3.05, 3.63) is 12.2 Å². The van der Waals surface area contributed by atoms with E-state index in [9.17, 15) is 0 Å². The Balaban J connectivity index is 2.56. The van der Waals surface area contributed by atoms with Gasteiger partial charge in [-0.1, -0.05) is 45.8 Å². The smallest absolute Gasteiger partial charge is 0.0598 e. The second-order valence-electron chi connectivity index (χ2n) is 8.08. The van der Waals surface area contributed by atoms with E-state index in [0.717, 1.165) is 6.61 Å². The Morgan fingerprint density at radius 1 is 1.00 bits per heavy atom. The zero-order valence-corrected chi connectivity index (χ0v) is 13.3. The zero-order valence-electron chi connectivity index (χ0n) is 13.3. The first-order valence-corrected chi connectivity index (χ1v) is 7.44. The molecule has 0 aliphatic heterocycles. The van der Waals surface area contributed by atoms with E-state index in [0.29, 0.717) is 10.8 Å². The van der Waals surface area contributed by atoms with Crippen molar-refractivity contribution in [2.24, 2.45) is 10.8 Å². The van der Waals surface area contributed by atoms with Crippen molar-refractivity contribution >= 4 is 0 Å². The molecule has 1 saturated carbocycles. The Bertz CT molecular complexity index is 269. The standard InChI is InChI=1S/C17H32O/c1-15(2,3)10-9-13-17(11-7-8-12-17)14-18-16(4,5)6/h9-10H,7-8,11-14H2,1-6H3. The monoisotopic (exact) mass is 252 g/mol. The average molecular weight is 252 g/mol. The lowest BCUT2D eigenvalue weighted by Gasteiger charge is -2.32. The highest BCUT2D eigenvalue weighted by atomic mass is 16.5. The SMILES string of the molecule is CC(C)(C)C=CCC1(COC(C)(C)C)CCCC1. The van der Waals surface area contributed by atoms with Crippen molar-refractivity contribution in [2.75, 3.05) is 6.61 Å². The van der Waals surface area contributed by atoms with Crippen LogP contribution >= 0.6 is 0 Å². The molecule has 1 aliphatic rings. The van der Waals surface area contributed by atoms with E-state index in [2.05, 4.69) is 53.7 Å². The summed E-state index contributed by atoms with van der Waals surface area (Å²) in [4.78, 5) is 0. The van der Waals surface area contributed by atoms with Gasteiger partial charge in [-0.2, -0.15) is 0 Å². The van der Waals surface area contributed by atoms with Gasteiger partial charge in [0, 0.05) is 0 Å². The fourth-order valence-corrected chi connectivity index (χ4v) is 2.56. The molecule has 1 heteroatoms. The van der Waals surface area contributed by atoms with E-state index in [1.807, 2.05) is 0 Å².